The third-order valence-electron chi connectivity index (χ3n) is 3.38. The molecule has 0 fully saturated rings. The predicted molar refractivity (Wildman–Crippen MR) is 182 cm³/mol. The van der Waals surface area contributed by atoms with E-state index in [4.69, 9.17) is 14.9 Å². The monoisotopic (exact) mass is 529 g/mol. The van der Waals surface area contributed by atoms with Crippen molar-refractivity contribution in [3.05, 3.63) is 105 Å². The Morgan fingerprint density at radius 2 is 0.541 bits per heavy atom. The zero-order valence-electron chi connectivity index (χ0n) is 25.9. The molecule has 0 aliphatic heterocycles. The van der Waals surface area contributed by atoms with Crippen molar-refractivity contribution in [1.29, 1.82) is 0 Å². The molecule has 0 aromatic heterocycles. The summed E-state index contributed by atoms with van der Waals surface area (Å²) in [5.41, 5.74) is 0. The molecule has 0 aromatic rings. The average molecular weight is 529 g/mol. The fourth-order valence-corrected chi connectivity index (χ4v) is 2.07. The summed E-state index contributed by atoms with van der Waals surface area (Å²) in [7, 11) is 0. The first-order valence-corrected chi connectivity index (χ1v) is 13.1. The van der Waals surface area contributed by atoms with Crippen molar-refractivity contribution < 1.29 is 14.9 Å². The Balaban J connectivity index is -0.0000000378. The minimum atomic E-state index is -0.125. The summed E-state index contributed by atoms with van der Waals surface area (Å²) in [4.78, 5) is 0. The number of hydrogen-bond acceptors (Lipinski definition) is 3. The first kappa shape index (κ1) is 64.6. The number of aliphatic hydroxyl groups is 2. The van der Waals surface area contributed by atoms with Crippen LogP contribution in [-0.2, 0) is 4.74 Å². The van der Waals surface area contributed by atoms with Crippen molar-refractivity contribution in [3.63, 3.8) is 0 Å². The third kappa shape index (κ3) is 209. The van der Waals surface area contributed by atoms with E-state index in [-0.39, 0.29) is 13.2 Å². The van der Waals surface area contributed by atoms with Crippen molar-refractivity contribution in [3.8, 4) is 0 Å². The Morgan fingerprint density at radius 1 is 0.351 bits per heavy atom. The molecule has 0 rings (SSSR count). The number of aliphatic hydroxyl groups excluding tert-OH is 2. The van der Waals surface area contributed by atoms with Gasteiger partial charge in [0.15, 0.2) is 0 Å². The highest BCUT2D eigenvalue weighted by molar-refractivity contribution is 4.45. The fourth-order valence-electron chi connectivity index (χ4n) is 2.07. The van der Waals surface area contributed by atoms with Gasteiger partial charge in [-0.15, -0.1) is 105 Å². The van der Waals surface area contributed by atoms with Crippen LogP contribution in [0.3, 0.4) is 0 Å². The van der Waals surface area contributed by atoms with Gasteiger partial charge in [0.05, 0.1) is 13.2 Å². The molecule has 3 nitrogen and oxygen atoms in total. The molecule has 0 radical (unpaired) electrons. The second-order valence-electron chi connectivity index (χ2n) is 5.60. The lowest BCUT2D eigenvalue weighted by Gasteiger charge is -2.04. The molecule has 0 saturated heterocycles. The summed E-state index contributed by atoms with van der Waals surface area (Å²) in [5, 5.41) is 15.2. The Kier molecular flexibility index (Phi) is 290. The average Bonchev–Trinajstić information content (AvgIpc) is 3.03. The highest BCUT2D eigenvalue weighted by Gasteiger charge is 1.92. The Morgan fingerprint density at radius 3 is 0.730 bits per heavy atom. The fraction of sp³-hybridized carbons (Fsp3) is 0.529. The number of hydrogen-bond donors (Lipinski definition) is 2. The van der Waals surface area contributed by atoms with Gasteiger partial charge < -0.3 is 14.9 Å². The second kappa shape index (κ2) is 166. The first-order valence-electron chi connectivity index (χ1n) is 13.1. The number of rotatable bonds is 15. The minimum absolute atomic E-state index is 0.125. The molecule has 0 unspecified atom stereocenters. The van der Waals surface area contributed by atoms with Crippen LogP contribution in [0.4, 0.5) is 0 Å². The molecular weight excluding hydrogens is 456 g/mol. The molecule has 0 bridgehead atoms. The molecule has 226 valence electrons. The summed E-state index contributed by atoms with van der Waals surface area (Å²) in [6, 6.07) is 0. The molecule has 2 N–H and O–H groups in total. The van der Waals surface area contributed by atoms with Gasteiger partial charge in [0.1, 0.15) is 0 Å². The van der Waals surface area contributed by atoms with Gasteiger partial charge in [-0.2, -0.15) is 0 Å². The molecule has 0 atom stereocenters. The van der Waals surface area contributed by atoms with Gasteiger partial charge in [-0.1, -0.05) is 78.1 Å². The maximum atomic E-state index is 7.62. The molecule has 0 aliphatic rings. The third-order valence-corrected chi connectivity index (χ3v) is 3.38. The van der Waals surface area contributed by atoms with Crippen molar-refractivity contribution in [2.45, 2.75) is 90.9 Å². The predicted octanol–water partition coefficient (Wildman–Crippen LogP) is 11.1. The van der Waals surface area contributed by atoms with Crippen LogP contribution in [0.2, 0.25) is 0 Å². The molecule has 0 heterocycles. The SMILES string of the molecule is C=C.C=C.C=C.C=C.C=C.C=C.C=C.C=C.CCCCCCCCOCCCCCCCC.OCCO. The van der Waals surface area contributed by atoms with Crippen LogP contribution in [0.25, 0.3) is 0 Å². The maximum absolute atomic E-state index is 7.62. The maximum Gasteiger partial charge on any atom is 0.0662 e. The summed E-state index contributed by atoms with van der Waals surface area (Å²) < 4.78 is 5.65. The molecule has 0 spiro atoms. The zero-order chi connectivity index (χ0) is 32.0. The van der Waals surface area contributed by atoms with Crippen molar-refractivity contribution in [1.82, 2.24) is 0 Å². The van der Waals surface area contributed by atoms with E-state index in [1.165, 1.54) is 77.0 Å². The van der Waals surface area contributed by atoms with E-state index in [0.717, 1.165) is 13.2 Å². The van der Waals surface area contributed by atoms with Crippen molar-refractivity contribution >= 4 is 0 Å². The van der Waals surface area contributed by atoms with Crippen LogP contribution in [0.5, 0.6) is 0 Å². The lowest BCUT2D eigenvalue weighted by molar-refractivity contribution is 0.125. The molecule has 0 aliphatic carbocycles. The summed E-state index contributed by atoms with van der Waals surface area (Å²) in [6.07, 6.45) is 16.3. The minimum Gasteiger partial charge on any atom is -0.394 e. The van der Waals surface area contributed by atoms with Crippen LogP contribution in [0.15, 0.2) is 105 Å². The van der Waals surface area contributed by atoms with Gasteiger partial charge in [-0.05, 0) is 12.8 Å². The number of unbranched alkanes of at least 4 members (excludes halogenated alkanes) is 10. The molecule has 37 heavy (non-hydrogen) atoms. The van der Waals surface area contributed by atoms with Gasteiger partial charge in [-0.25, -0.2) is 0 Å². The van der Waals surface area contributed by atoms with Gasteiger partial charge in [-0.3, -0.25) is 0 Å². The van der Waals surface area contributed by atoms with E-state index in [1.807, 2.05) is 0 Å². The summed E-state index contributed by atoms with van der Waals surface area (Å²) >= 11 is 0. The largest absolute Gasteiger partial charge is 0.394 e. The zero-order valence-corrected chi connectivity index (χ0v) is 25.9. The van der Waals surface area contributed by atoms with E-state index in [0.29, 0.717) is 0 Å². The Hall–Kier alpha value is -2.20. The topological polar surface area (TPSA) is 49.7 Å². The normalized spacial score (nSPS) is 6.70. The van der Waals surface area contributed by atoms with Crippen LogP contribution in [0, 0.1) is 0 Å². The molecule has 0 amide bonds. The van der Waals surface area contributed by atoms with E-state index >= 15 is 0 Å². The van der Waals surface area contributed by atoms with Gasteiger partial charge in [0, 0.05) is 13.2 Å². The van der Waals surface area contributed by atoms with Crippen LogP contribution < -0.4 is 0 Å². The quantitative estimate of drug-likeness (QED) is 0.164. The van der Waals surface area contributed by atoms with Crippen molar-refractivity contribution in [2.24, 2.45) is 0 Å². The van der Waals surface area contributed by atoms with E-state index < -0.39 is 0 Å². The van der Waals surface area contributed by atoms with Crippen LogP contribution >= 0.6 is 0 Å². The highest BCUT2D eigenvalue weighted by Crippen LogP contribution is 2.06. The smallest absolute Gasteiger partial charge is 0.0662 e. The Labute approximate surface area is 237 Å². The summed E-state index contributed by atoms with van der Waals surface area (Å²) in [6.45, 7) is 54.3. The molecule has 3 heteroatoms. The second-order valence-corrected chi connectivity index (χ2v) is 5.60. The van der Waals surface area contributed by atoms with Gasteiger partial charge in [0.2, 0.25) is 0 Å². The van der Waals surface area contributed by atoms with Crippen LogP contribution in [0.1, 0.15) is 90.9 Å². The van der Waals surface area contributed by atoms with E-state index in [1.54, 1.807) is 0 Å². The molecule has 0 aromatic carbocycles. The first-order chi connectivity index (χ1) is 18.3. The number of ether oxygens (including phenoxy) is 1. The van der Waals surface area contributed by atoms with Crippen molar-refractivity contribution in [2.75, 3.05) is 26.4 Å². The molecular formula is C34H72O3. The van der Waals surface area contributed by atoms with E-state index in [2.05, 4.69) is 119 Å². The van der Waals surface area contributed by atoms with Gasteiger partial charge >= 0.3 is 0 Å². The lowest BCUT2D eigenvalue weighted by atomic mass is 10.1. The Bertz CT molecular complexity index is 207. The highest BCUT2D eigenvalue weighted by atomic mass is 16.5. The van der Waals surface area contributed by atoms with E-state index in [9.17, 15) is 0 Å². The van der Waals surface area contributed by atoms with Gasteiger partial charge in [0.25, 0.3) is 0 Å². The lowest BCUT2D eigenvalue weighted by Crippen LogP contribution is -1.97. The standard InChI is InChI=1S/C16H34O.C2H6O2.8C2H4/c1-3-5-7-9-11-13-15-17-16-14-12-10-8-6-4-2;3-1-2-4;8*1-2/h3-16H2,1-2H3;3-4H,1-2H2;8*1-2H2. The van der Waals surface area contributed by atoms with Crippen LogP contribution in [-0.4, -0.2) is 36.6 Å². The molecule has 0 saturated carbocycles. The summed E-state index contributed by atoms with van der Waals surface area (Å²) in [5.74, 6) is 0.